The summed E-state index contributed by atoms with van der Waals surface area (Å²) >= 11 is 0. The molecule has 3 heterocycles. The Labute approximate surface area is 130 Å². The average Bonchev–Trinajstić information content (AvgIpc) is 3.18. The third-order valence-electron chi connectivity index (χ3n) is 4.19. The van der Waals surface area contributed by atoms with E-state index in [1.54, 1.807) is 4.80 Å². The summed E-state index contributed by atoms with van der Waals surface area (Å²) in [5, 5.41) is 19.3. The molecule has 0 aliphatic carbocycles. The molecule has 0 saturated carbocycles. The molecule has 1 saturated heterocycles. The molecule has 0 spiro atoms. The molecule has 2 aromatic heterocycles. The number of nitrogens with one attached hydrogen (secondary N) is 2. The first-order valence-corrected chi connectivity index (χ1v) is 7.99. The van der Waals surface area contributed by atoms with Gasteiger partial charge in [-0.25, -0.2) is 0 Å². The van der Waals surface area contributed by atoms with E-state index >= 15 is 0 Å². The molecule has 7 nitrogen and oxygen atoms in total. The van der Waals surface area contributed by atoms with Crippen LogP contribution < -0.4 is 5.32 Å². The Hall–Kier alpha value is -1.73. The van der Waals surface area contributed by atoms with Crippen LogP contribution in [0.3, 0.4) is 0 Å². The summed E-state index contributed by atoms with van der Waals surface area (Å²) in [5.41, 5.74) is 3.17. The summed E-state index contributed by atoms with van der Waals surface area (Å²) in [6.07, 6.45) is 6.21. The zero-order valence-electron chi connectivity index (χ0n) is 13.2. The smallest absolute Gasteiger partial charge is 0.0994 e. The number of hydrogen-bond acceptors (Lipinski definition) is 5. The van der Waals surface area contributed by atoms with Crippen LogP contribution in [-0.2, 0) is 17.8 Å². The maximum absolute atomic E-state index is 5.95. The number of aromatic nitrogens is 5. The first-order chi connectivity index (χ1) is 10.8. The SMILES string of the molecule is CCn1nc(C)c(CNC[C@@H]2CCCO[C@H]2c2cn[nH]c2)n1. The van der Waals surface area contributed by atoms with Gasteiger partial charge in [0.25, 0.3) is 0 Å². The standard InChI is InChI=1S/C15H24N6O/c1-3-21-19-11(2)14(20-21)10-16-7-12-5-4-6-22-15(12)13-8-17-18-9-13/h8-9,12,15-16H,3-7,10H2,1-2H3,(H,17,18)/t12-,15+/m0/s1. The summed E-state index contributed by atoms with van der Waals surface area (Å²) in [7, 11) is 0. The molecule has 2 atom stereocenters. The molecule has 2 aromatic rings. The number of hydrogen-bond donors (Lipinski definition) is 2. The van der Waals surface area contributed by atoms with Crippen molar-refractivity contribution in [1.29, 1.82) is 0 Å². The van der Waals surface area contributed by atoms with Crippen molar-refractivity contribution in [3.8, 4) is 0 Å². The normalized spacial score (nSPS) is 22.1. The van der Waals surface area contributed by atoms with E-state index in [-0.39, 0.29) is 6.10 Å². The van der Waals surface area contributed by atoms with E-state index in [2.05, 4.69) is 25.7 Å². The number of H-pyrrole nitrogens is 1. The summed E-state index contributed by atoms with van der Waals surface area (Å²) in [4.78, 5) is 1.74. The number of aryl methyl sites for hydroxylation is 2. The maximum Gasteiger partial charge on any atom is 0.0994 e. The van der Waals surface area contributed by atoms with Crippen molar-refractivity contribution in [3.05, 3.63) is 29.3 Å². The zero-order valence-corrected chi connectivity index (χ0v) is 13.2. The molecule has 0 bridgehead atoms. The van der Waals surface area contributed by atoms with Crippen molar-refractivity contribution >= 4 is 0 Å². The minimum absolute atomic E-state index is 0.132. The van der Waals surface area contributed by atoms with Gasteiger partial charge in [-0.1, -0.05) is 0 Å². The van der Waals surface area contributed by atoms with Gasteiger partial charge in [0, 0.05) is 37.4 Å². The minimum Gasteiger partial charge on any atom is -0.373 e. The molecule has 1 aliphatic heterocycles. The van der Waals surface area contributed by atoms with Gasteiger partial charge in [-0.05, 0) is 26.7 Å². The van der Waals surface area contributed by atoms with Crippen molar-refractivity contribution in [2.45, 2.75) is 45.9 Å². The molecular weight excluding hydrogens is 280 g/mol. The lowest BCUT2D eigenvalue weighted by molar-refractivity contribution is -0.0278. The second kappa shape index (κ2) is 7.02. The lowest BCUT2D eigenvalue weighted by Crippen LogP contribution is -2.31. The van der Waals surface area contributed by atoms with E-state index in [1.165, 1.54) is 6.42 Å². The molecule has 2 N–H and O–H groups in total. The van der Waals surface area contributed by atoms with Gasteiger partial charge in [-0.15, -0.1) is 0 Å². The molecule has 1 fully saturated rings. The van der Waals surface area contributed by atoms with Crippen LogP contribution in [0.15, 0.2) is 12.4 Å². The second-order valence-corrected chi connectivity index (χ2v) is 5.78. The fourth-order valence-corrected chi connectivity index (χ4v) is 2.98. The van der Waals surface area contributed by atoms with Crippen molar-refractivity contribution in [2.24, 2.45) is 5.92 Å². The van der Waals surface area contributed by atoms with E-state index < -0.39 is 0 Å². The number of nitrogens with zero attached hydrogens (tertiary/aromatic N) is 4. The monoisotopic (exact) mass is 304 g/mol. The van der Waals surface area contributed by atoms with Crippen LogP contribution in [0.5, 0.6) is 0 Å². The average molecular weight is 304 g/mol. The third kappa shape index (κ3) is 3.36. The largest absolute Gasteiger partial charge is 0.373 e. The van der Waals surface area contributed by atoms with Crippen molar-refractivity contribution in [1.82, 2.24) is 30.5 Å². The van der Waals surface area contributed by atoms with Gasteiger partial charge in [0.05, 0.1) is 30.2 Å². The van der Waals surface area contributed by atoms with Crippen molar-refractivity contribution < 1.29 is 4.74 Å². The molecule has 3 rings (SSSR count). The van der Waals surface area contributed by atoms with Crippen molar-refractivity contribution in [3.63, 3.8) is 0 Å². The van der Waals surface area contributed by atoms with Gasteiger partial charge >= 0.3 is 0 Å². The predicted molar refractivity (Wildman–Crippen MR) is 82.1 cm³/mol. The molecular formula is C15H24N6O. The Balaban J connectivity index is 1.56. The van der Waals surface area contributed by atoms with Gasteiger partial charge in [0.2, 0.25) is 0 Å². The van der Waals surface area contributed by atoms with Crippen molar-refractivity contribution in [2.75, 3.05) is 13.2 Å². The lowest BCUT2D eigenvalue weighted by Gasteiger charge is -2.31. The summed E-state index contributed by atoms with van der Waals surface area (Å²) in [5.74, 6) is 0.466. The molecule has 0 radical (unpaired) electrons. The van der Waals surface area contributed by atoms with Crippen LogP contribution in [-0.4, -0.2) is 38.3 Å². The number of ether oxygens (including phenoxy) is 1. The van der Waals surface area contributed by atoms with E-state index in [4.69, 9.17) is 4.74 Å². The Bertz CT molecular complexity index is 579. The van der Waals surface area contributed by atoms with Crippen LogP contribution in [0.4, 0.5) is 0 Å². The van der Waals surface area contributed by atoms with Crippen LogP contribution in [0.2, 0.25) is 0 Å². The predicted octanol–water partition coefficient (Wildman–Crippen LogP) is 1.59. The molecule has 0 aromatic carbocycles. The number of aromatic amines is 1. The van der Waals surface area contributed by atoms with Gasteiger partial charge in [0.15, 0.2) is 0 Å². The maximum atomic E-state index is 5.95. The molecule has 0 amide bonds. The second-order valence-electron chi connectivity index (χ2n) is 5.78. The van der Waals surface area contributed by atoms with E-state index in [9.17, 15) is 0 Å². The zero-order chi connectivity index (χ0) is 15.4. The van der Waals surface area contributed by atoms with Crippen LogP contribution >= 0.6 is 0 Å². The Morgan fingerprint density at radius 1 is 1.45 bits per heavy atom. The first-order valence-electron chi connectivity index (χ1n) is 7.99. The molecule has 120 valence electrons. The topological polar surface area (TPSA) is 80.6 Å². The minimum atomic E-state index is 0.132. The molecule has 7 heteroatoms. The number of rotatable bonds is 6. The fraction of sp³-hybridized carbons (Fsp3) is 0.667. The fourth-order valence-electron chi connectivity index (χ4n) is 2.98. The van der Waals surface area contributed by atoms with E-state index in [1.807, 2.05) is 26.2 Å². The summed E-state index contributed by atoms with van der Waals surface area (Å²) < 4.78 is 5.95. The molecule has 1 aliphatic rings. The Morgan fingerprint density at radius 2 is 2.36 bits per heavy atom. The highest BCUT2D eigenvalue weighted by atomic mass is 16.5. The highest BCUT2D eigenvalue weighted by Crippen LogP contribution is 2.32. The molecule has 22 heavy (non-hydrogen) atoms. The summed E-state index contributed by atoms with van der Waals surface area (Å²) in [6.45, 7) is 7.35. The summed E-state index contributed by atoms with van der Waals surface area (Å²) in [6, 6.07) is 0. The van der Waals surface area contributed by atoms with Gasteiger partial charge < -0.3 is 10.1 Å². The Morgan fingerprint density at radius 3 is 3.09 bits per heavy atom. The highest BCUT2D eigenvalue weighted by molar-refractivity contribution is 5.10. The molecule has 0 unspecified atom stereocenters. The van der Waals surface area contributed by atoms with Gasteiger partial charge in [0.1, 0.15) is 0 Å². The first kappa shape index (κ1) is 15.2. The van der Waals surface area contributed by atoms with E-state index in [0.717, 1.165) is 49.6 Å². The lowest BCUT2D eigenvalue weighted by atomic mass is 9.91. The van der Waals surface area contributed by atoms with Crippen LogP contribution in [0.1, 0.15) is 42.8 Å². The van der Waals surface area contributed by atoms with E-state index in [0.29, 0.717) is 5.92 Å². The van der Waals surface area contributed by atoms with Crippen LogP contribution in [0, 0.1) is 12.8 Å². The van der Waals surface area contributed by atoms with Gasteiger partial charge in [-0.2, -0.15) is 20.1 Å². The highest BCUT2D eigenvalue weighted by Gasteiger charge is 2.27. The van der Waals surface area contributed by atoms with Gasteiger partial charge in [-0.3, -0.25) is 5.10 Å². The quantitative estimate of drug-likeness (QED) is 0.847. The van der Waals surface area contributed by atoms with Crippen LogP contribution in [0.25, 0.3) is 0 Å². The third-order valence-corrected chi connectivity index (χ3v) is 4.19. The Kier molecular flexibility index (Phi) is 4.84.